The van der Waals surface area contributed by atoms with E-state index < -0.39 is 0 Å². The number of fused-ring (bicyclic) bond motifs is 3. The van der Waals surface area contributed by atoms with Crippen LogP contribution in [0.5, 0.6) is 0 Å². The molecule has 4 aliphatic rings. The Bertz CT molecular complexity index is 1140. The zero-order valence-electron chi connectivity index (χ0n) is 21.2. The summed E-state index contributed by atoms with van der Waals surface area (Å²) in [7, 11) is 1.45. The van der Waals surface area contributed by atoms with Gasteiger partial charge in [0.1, 0.15) is 5.82 Å². The van der Waals surface area contributed by atoms with Crippen LogP contribution >= 0.6 is 0 Å². The number of nitrogens with zero attached hydrogens (tertiary/aromatic N) is 4. The predicted molar refractivity (Wildman–Crippen MR) is 135 cm³/mol. The summed E-state index contributed by atoms with van der Waals surface area (Å²) >= 11 is 0. The van der Waals surface area contributed by atoms with Gasteiger partial charge in [-0.2, -0.15) is 0 Å². The lowest BCUT2D eigenvalue weighted by atomic mass is 9.63. The van der Waals surface area contributed by atoms with Crippen molar-refractivity contribution in [2.45, 2.75) is 103 Å². The van der Waals surface area contributed by atoms with Crippen LogP contribution in [0, 0.1) is 5.41 Å². The molecule has 1 atom stereocenters. The molecule has 1 spiro atoms. The normalized spacial score (nSPS) is 24.5. The molecule has 0 radical (unpaired) electrons. The summed E-state index contributed by atoms with van der Waals surface area (Å²) in [4.78, 5) is 34.8. The number of imidazole rings is 1. The number of ether oxygens (including phenoxy) is 1. The molecular formula is C28H38N4O3. The second-order valence-corrected chi connectivity index (χ2v) is 11.4. The topological polar surface area (TPSA) is 67.7 Å². The van der Waals surface area contributed by atoms with E-state index in [2.05, 4.69) is 28.5 Å². The summed E-state index contributed by atoms with van der Waals surface area (Å²) < 4.78 is 7.57. The monoisotopic (exact) mass is 478 g/mol. The van der Waals surface area contributed by atoms with Gasteiger partial charge in [0.25, 0.3) is 0 Å². The number of aryl methyl sites for hydroxylation is 1. The maximum absolute atomic E-state index is 13.2. The second kappa shape index (κ2) is 8.82. The van der Waals surface area contributed by atoms with E-state index >= 15 is 0 Å². The van der Waals surface area contributed by atoms with Gasteiger partial charge in [-0.3, -0.25) is 9.69 Å². The van der Waals surface area contributed by atoms with Crippen molar-refractivity contribution in [1.29, 1.82) is 0 Å². The van der Waals surface area contributed by atoms with Gasteiger partial charge in [0.05, 0.1) is 30.4 Å². The molecule has 0 N–H and O–H groups in total. The van der Waals surface area contributed by atoms with Gasteiger partial charge >= 0.3 is 6.09 Å². The molecule has 3 heterocycles. The molecule has 1 saturated heterocycles. The van der Waals surface area contributed by atoms with E-state index in [1.165, 1.54) is 45.6 Å². The van der Waals surface area contributed by atoms with E-state index in [0.717, 1.165) is 66.8 Å². The van der Waals surface area contributed by atoms with E-state index in [9.17, 15) is 9.59 Å². The van der Waals surface area contributed by atoms with Crippen LogP contribution in [0.4, 0.5) is 10.5 Å². The molecule has 0 bridgehead atoms. The Morgan fingerprint density at radius 3 is 2.60 bits per heavy atom. The summed E-state index contributed by atoms with van der Waals surface area (Å²) in [6, 6.07) is 4.76. The Morgan fingerprint density at radius 2 is 1.91 bits per heavy atom. The third-order valence-corrected chi connectivity index (χ3v) is 9.38. The second-order valence-electron chi connectivity index (χ2n) is 11.4. The van der Waals surface area contributed by atoms with Crippen molar-refractivity contribution < 1.29 is 14.3 Å². The van der Waals surface area contributed by atoms with E-state index in [1.54, 1.807) is 4.90 Å². The lowest BCUT2D eigenvalue weighted by Crippen LogP contribution is -2.47. The van der Waals surface area contributed by atoms with Crippen molar-refractivity contribution in [2.24, 2.45) is 5.41 Å². The highest BCUT2D eigenvalue weighted by Gasteiger charge is 2.43. The minimum Gasteiger partial charge on any atom is -0.452 e. The number of hydrogen-bond acceptors (Lipinski definition) is 4. The SMILES string of the molecule is COC(=O)N1c2ccc3c(nc(CN4CCC5(CCC5)CC4=O)n3C3CCCCC3)c2CC[C@@H]1C. The number of carbonyl (C=O) groups excluding carboxylic acids is 2. The lowest BCUT2D eigenvalue weighted by molar-refractivity contribution is -0.142. The first-order chi connectivity index (χ1) is 17.0. The molecular weight excluding hydrogens is 440 g/mol. The largest absolute Gasteiger partial charge is 0.452 e. The Kier molecular flexibility index (Phi) is 5.76. The number of anilines is 1. The van der Waals surface area contributed by atoms with Crippen LogP contribution in [-0.4, -0.2) is 46.1 Å². The molecule has 0 unspecified atom stereocenters. The van der Waals surface area contributed by atoms with Crippen LogP contribution in [0.3, 0.4) is 0 Å². The number of hydrogen-bond donors (Lipinski definition) is 0. The Labute approximate surface area is 207 Å². The van der Waals surface area contributed by atoms with Crippen molar-refractivity contribution in [3.05, 3.63) is 23.5 Å². The molecule has 7 heteroatoms. The first-order valence-electron chi connectivity index (χ1n) is 13.7. The summed E-state index contributed by atoms with van der Waals surface area (Å²) in [5.41, 5.74) is 4.52. The van der Waals surface area contributed by atoms with E-state index in [-0.39, 0.29) is 12.1 Å². The molecule has 35 heavy (non-hydrogen) atoms. The van der Waals surface area contributed by atoms with Gasteiger partial charge < -0.3 is 14.2 Å². The fourth-order valence-electron chi connectivity index (χ4n) is 7.14. The quantitative estimate of drug-likeness (QED) is 0.564. The molecule has 1 aromatic heterocycles. The summed E-state index contributed by atoms with van der Waals surface area (Å²) in [6.07, 6.45) is 13.1. The third kappa shape index (κ3) is 3.82. The highest BCUT2D eigenvalue weighted by Crippen LogP contribution is 2.49. The van der Waals surface area contributed by atoms with Gasteiger partial charge in [0.2, 0.25) is 5.91 Å². The minimum atomic E-state index is -0.312. The Morgan fingerprint density at radius 1 is 1.11 bits per heavy atom. The zero-order valence-corrected chi connectivity index (χ0v) is 21.2. The van der Waals surface area contributed by atoms with Gasteiger partial charge in [-0.1, -0.05) is 25.7 Å². The fraction of sp³-hybridized carbons (Fsp3) is 0.679. The summed E-state index contributed by atoms with van der Waals surface area (Å²) in [5.74, 6) is 1.31. The van der Waals surface area contributed by atoms with Crippen molar-refractivity contribution in [2.75, 3.05) is 18.6 Å². The van der Waals surface area contributed by atoms with Gasteiger partial charge in [-0.05, 0) is 69.4 Å². The molecule has 2 aliphatic heterocycles. The molecule has 3 fully saturated rings. The highest BCUT2D eigenvalue weighted by atomic mass is 16.5. The van der Waals surface area contributed by atoms with Crippen molar-refractivity contribution in [1.82, 2.24) is 14.5 Å². The number of aromatic nitrogens is 2. The number of carbonyl (C=O) groups is 2. The van der Waals surface area contributed by atoms with Gasteiger partial charge in [0, 0.05) is 30.6 Å². The van der Waals surface area contributed by atoms with Crippen molar-refractivity contribution >= 4 is 28.7 Å². The van der Waals surface area contributed by atoms with Crippen LogP contribution in [0.15, 0.2) is 12.1 Å². The molecule has 2 amide bonds. The number of benzene rings is 1. The van der Waals surface area contributed by atoms with Crippen LogP contribution < -0.4 is 4.90 Å². The van der Waals surface area contributed by atoms with Crippen LogP contribution in [0.25, 0.3) is 11.0 Å². The third-order valence-electron chi connectivity index (χ3n) is 9.38. The Balaban J connectivity index is 1.40. The number of methoxy groups -OCH3 is 1. The number of rotatable bonds is 3. The molecule has 188 valence electrons. The molecule has 2 aliphatic carbocycles. The van der Waals surface area contributed by atoms with Crippen LogP contribution in [0.1, 0.15) is 95.0 Å². The van der Waals surface area contributed by atoms with Gasteiger partial charge in [-0.25, -0.2) is 9.78 Å². The van der Waals surface area contributed by atoms with Gasteiger partial charge in [-0.15, -0.1) is 0 Å². The van der Waals surface area contributed by atoms with E-state index in [1.807, 2.05) is 0 Å². The molecule has 1 aromatic carbocycles. The first kappa shape index (κ1) is 22.9. The lowest BCUT2D eigenvalue weighted by Gasteiger charge is -2.47. The zero-order chi connectivity index (χ0) is 24.2. The molecule has 2 saturated carbocycles. The molecule has 6 rings (SSSR count). The average molecular weight is 479 g/mol. The fourth-order valence-corrected chi connectivity index (χ4v) is 7.14. The standard InChI is InChI=1S/C28H38N4O3/c1-19-9-10-21-22(31(19)27(34)35-2)11-12-23-26(21)29-24(32(23)20-7-4-3-5-8-20)18-30-16-15-28(13-6-14-28)17-25(30)33/h11-12,19-20H,3-10,13-18H2,1-2H3/t19-/m0/s1. The summed E-state index contributed by atoms with van der Waals surface area (Å²) in [6.45, 7) is 3.51. The smallest absolute Gasteiger partial charge is 0.414 e. The van der Waals surface area contributed by atoms with Crippen molar-refractivity contribution in [3.8, 4) is 0 Å². The maximum atomic E-state index is 13.2. The average Bonchev–Trinajstić information content (AvgIpc) is 3.22. The van der Waals surface area contributed by atoms with Crippen LogP contribution in [-0.2, 0) is 22.5 Å². The molecule has 7 nitrogen and oxygen atoms in total. The number of piperidine rings is 1. The predicted octanol–water partition coefficient (Wildman–Crippen LogP) is 5.74. The van der Waals surface area contributed by atoms with E-state index in [4.69, 9.17) is 9.72 Å². The molecule has 2 aromatic rings. The highest BCUT2D eigenvalue weighted by molar-refractivity contribution is 5.95. The van der Waals surface area contributed by atoms with Gasteiger partial charge in [0.15, 0.2) is 0 Å². The number of likely N-dealkylation sites (tertiary alicyclic amines) is 1. The van der Waals surface area contributed by atoms with Crippen molar-refractivity contribution in [3.63, 3.8) is 0 Å². The van der Waals surface area contributed by atoms with Crippen LogP contribution in [0.2, 0.25) is 0 Å². The minimum absolute atomic E-state index is 0.0945. The number of amides is 2. The summed E-state index contributed by atoms with van der Waals surface area (Å²) in [5, 5.41) is 0. The first-order valence-corrected chi connectivity index (χ1v) is 13.7. The maximum Gasteiger partial charge on any atom is 0.414 e. The van der Waals surface area contributed by atoms with E-state index in [0.29, 0.717) is 30.3 Å². The Hall–Kier alpha value is -2.57.